The zero-order chi connectivity index (χ0) is 15.9. The van der Waals surface area contributed by atoms with E-state index in [0.29, 0.717) is 18.7 Å². The molecule has 0 unspecified atom stereocenters. The zero-order valence-electron chi connectivity index (χ0n) is 11.2. The fraction of sp³-hybridized carbons (Fsp3) is 0.143. The van der Waals surface area contributed by atoms with Crippen molar-refractivity contribution < 1.29 is 9.31 Å². The lowest BCUT2D eigenvalue weighted by atomic mass is 9.99. The van der Waals surface area contributed by atoms with Crippen molar-refractivity contribution in [3.8, 4) is 17.2 Å². The first-order valence-electron chi connectivity index (χ1n) is 6.39. The van der Waals surface area contributed by atoms with E-state index in [2.05, 4.69) is 5.32 Å². The summed E-state index contributed by atoms with van der Waals surface area (Å²) in [7, 11) is 0. The first-order chi connectivity index (χ1) is 10.5. The number of fused-ring (bicyclic) bond motifs is 1. The molecule has 8 heteroatoms. The number of hydrogen-bond acceptors (Lipinski definition) is 5. The van der Waals surface area contributed by atoms with E-state index in [-0.39, 0.29) is 27.3 Å². The molecule has 110 valence electrons. The summed E-state index contributed by atoms with van der Waals surface area (Å²) >= 11 is 5.28. The van der Waals surface area contributed by atoms with Crippen molar-refractivity contribution >= 4 is 23.7 Å². The van der Waals surface area contributed by atoms with Gasteiger partial charge in [0.05, 0.1) is 10.5 Å². The SMILES string of the molecule is N#Cc1c(-c2ccc(F)cc2)c([N+](=O)[O-])c2n(c1=S)CCN2. The lowest BCUT2D eigenvalue weighted by Gasteiger charge is -2.12. The number of nitro groups is 1. The molecule has 6 nitrogen and oxygen atoms in total. The molecule has 2 heterocycles. The van der Waals surface area contributed by atoms with Crippen LogP contribution in [0.5, 0.6) is 0 Å². The number of nitrogens with zero attached hydrogens (tertiary/aromatic N) is 3. The van der Waals surface area contributed by atoms with Crippen LogP contribution in [0.3, 0.4) is 0 Å². The largest absolute Gasteiger partial charge is 0.364 e. The second kappa shape index (κ2) is 5.20. The van der Waals surface area contributed by atoms with Crippen molar-refractivity contribution in [2.24, 2.45) is 0 Å². The minimum Gasteiger partial charge on any atom is -0.364 e. The summed E-state index contributed by atoms with van der Waals surface area (Å²) in [6, 6.07) is 7.14. The molecule has 0 bridgehead atoms. The summed E-state index contributed by atoms with van der Waals surface area (Å²) < 4.78 is 14.9. The number of benzene rings is 1. The molecule has 0 amide bonds. The highest BCUT2D eigenvalue weighted by Crippen LogP contribution is 2.41. The van der Waals surface area contributed by atoms with E-state index in [1.807, 2.05) is 6.07 Å². The molecule has 2 aromatic rings. The van der Waals surface area contributed by atoms with Crippen molar-refractivity contribution in [2.45, 2.75) is 6.54 Å². The Labute approximate surface area is 129 Å². The van der Waals surface area contributed by atoms with Gasteiger partial charge in [-0.2, -0.15) is 5.26 Å². The van der Waals surface area contributed by atoms with Crippen LogP contribution in [0.2, 0.25) is 0 Å². The molecule has 0 atom stereocenters. The number of halogens is 1. The average molecular weight is 316 g/mol. The number of aromatic nitrogens is 1. The quantitative estimate of drug-likeness (QED) is 0.522. The first kappa shape index (κ1) is 14.2. The van der Waals surface area contributed by atoms with Gasteiger partial charge in [-0.15, -0.1) is 0 Å². The summed E-state index contributed by atoms with van der Waals surface area (Å²) in [6.45, 7) is 0.968. The Balaban J connectivity index is 2.45. The Morgan fingerprint density at radius 1 is 1.41 bits per heavy atom. The van der Waals surface area contributed by atoms with E-state index in [0.717, 1.165) is 0 Å². The van der Waals surface area contributed by atoms with E-state index < -0.39 is 10.7 Å². The number of hydrogen-bond donors (Lipinski definition) is 1. The summed E-state index contributed by atoms with van der Waals surface area (Å²) in [5.74, 6) is -0.175. The molecule has 1 aliphatic heterocycles. The van der Waals surface area contributed by atoms with Crippen LogP contribution in [0.25, 0.3) is 11.1 Å². The van der Waals surface area contributed by atoms with Crippen molar-refractivity contribution in [1.82, 2.24) is 4.57 Å². The Bertz CT molecular complexity index is 884. The highest BCUT2D eigenvalue weighted by molar-refractivity contribution is 7.71. The third-order valence-electron chi connectivity index (χ3n) is 3.50. The van der Waals surface area contributed by atoms with E-state index in [9.17, 15) is 19.8 Å². The van der Waals surface area contributed by atoms with Gasteiger partial charge in [0.25, 0.3) is 0 Å². The Hall–Kier alpha value is -2.79. The summed E-state index contributed by atoms with van der Waals surface area (Å²) in [4.78, 5) is 11.0. The van der Waals surface area contributed by atoms with Gasteiger partial charge in [-0.25, -0.2) is 4.39 Å². The fourth-order valence-electron chi connectivity index (χ4n) is 2.57. The molecule has 0 saturated carbocycles. The summed E-state index contributed by atoms with van der Waals surface area (Å²) in [5, 5.41) is 23.9. The maximum Gasteiger partial charge on any atom is 0.318 e. The number of anilines is 1. The maximum atomic E-state index is 13.1. The molecule has 3 rings (SSSR count). The van der Waals surface area contributed by atoms with Crippen LogP contribution in [-0.2, 0) is 6.54 Å². The third kappa shape index (κ3) is 2.03. The lowest BCUT2D eigenvalue weighted by Crippen LogP contribution is -2.06. The molecule has 0 radical (unpaired) electrons. The molecular weight excluding hydrogens is 307 g/mol. The van der Waals surface area contributed by atoms with Crippen LogP contribution in [-0.4, -0.2) is 16.0 Å². The highest BCUT2D eigenvalue weighted by Gasteiger charge is 2.31. The van der Waals surface area contributed by atoms with Crippen LogP contribution in [0, 0.1) is 31.9 Å². The van der Waals surface area contributed by atoms with Gasteiger partial charge in [-0.3, -0.25) is 10.1 Å². The van der Waals surface area contributed by atoms with Gasteiger partial charge in [-0.05, 0) is 17.7 Å². The molecule has 22 heavy (non-hydrogen) atoms. The van der Waals surface area contributed by atoms with Crippen LogP contribution in [0.1, 0.15) is 5.56 Å². The van der Waals surface area contributed by atoms with Crippen molar-refractivity contribution in [2.75, 3.05) is 11.9 Å². The van der Waals surface area contributed by atoms with Gasteiger partial charge in [0.15, 0.2) is 5.82 Å². The second-order valence-electron chi connectivity index (χ2n) is 4.71. The van der Waals surface area contributed by atoms with Crippen molar-refractivity contribution in [3.63, 3.8) is 0 Å². The summed E-state index contributed by atoms with van der Waals surface area (Å²) in [5.41, 5.74) is 0.348. The van der Waals surface area contributed by atoms with Crippen molar-refractivity contribution in [1.29, 1.82) is 5.26 Å². The van der Waals surface area contributed by atoms with Crippen LogP contribution >= 0.6 is 12.2 Å². The maximum absolute atomic E-state index is 13.1. The predicted molar refractivity (Wildman–Crippen MR) is 80.5 cm³/mol. The first-order valence-corrected chi connectivity index (χ1v) is 6.80. The minimum absolute atomic E-state index is 0.0563. The molecule has 1 aliphatic rings. The van der Waals surface area contributed by atoms with E-state index in [1.54, 1.807) is 4.57 Å². The number of pyridine rings is 1. The lowest BCUT2D eigenvalue weighted by molar-refractivity contribution is -0.383. The third-order valence-corrected chi connectivity index (χ3v) is 3.92. The standard InChI is InChI=1S/C14H9FN4O2S/c15-9-3-1-8(2-4-9)11-10(7-16)14(22)18-6-5-17-13(18)12(11)19(20)21/h1-4,17H,5-6H2. The molecule has 1 aromatic heterocycles. The topological polar surface area (TPSA) is 83.9 Å². The predicted octanol–water partition coefficient (Wildman–Crippen LogP) is 3.23. The van der Waals surface area contributed by atoms with Gasteiger partial charge in [0.2, 0.25) is 0 Å². The highest BCUT2D eigenvalue weighted by atomic mass is 32.1. The van der Waals surface area contributed by atoms with Gasteiger partial charge >= 0.3 is 5.69 Å². The van der Waals surface area contributed by atoms with Crippen LogP contribution in [0.15, 0.2) is 24.3 Å². The van der Waals surface area contributed by atoms with E-state index >= 15 is 0 Å². The van der Waals surface area contributed by atoms with E-state index in [1.165, 1.54) is 24.3 Å². The Morgan fingerprint density at radius 3 is 2.68 bits per heavy atom. The fourth-order valence-corrected chi connectivity index (χ4v) is 2.90. The Kier molecular flexibility index (Phi) is 3.35. The normalized spacial score (nSPS) is 12.4. The number of nitrogens with one attached hydrogen (secondary N) is 1. The molecular formula is C14H9FN4O2S. The monoisotopic (exact) mass is 316 g/mol. The molecule has 1 N–H and O–H groups in total. The second-order valence-corrected chi connectivity index (χ2v) is 5.09. The van der Waals surface area contributed by atoms with Crippen LogP contribution < -0.4 is 5.32 Å². The molecule has 0 aliphatic carbocycles. The average Bonchev–Trinajstić information content (AvgIpc) is 2.97. The molecule has 0 saturated heterocycles. The molecule has 1 aromatic carbocycles. The molecule has 0 fully saturated rings. The Morgan fingerprint density at radius 2 is 2.09 bits per heavy atom. The zero-order valence-corrected chi connectivity index (χ0v) is 12.0. The van der Waals surface area contributed by atoms with Gasteiger partial charge in [0.1, 0.15) is 22.1 Å². The number of rotatable bonds is 2. The minimum atomic E-state index is -0.543. The molecule has 0 spiro atoms. The number of nitriles is 1. The van der Waals surface area contributed by atoms with Gasteiger partial charge < -0.3 is 9.88 Å². The smallest absolute Gasteiger partial charge is 0.318 e. The van der Waals surface area contributed by atoms with E-state index in [4.69, 9.17) is 12.2 Å². The van der Waals surface area contributed by atoms with Crippen LogP contribution in [0.4, 0.5) is 15.9 Å². The van der Waals surface area contributed by atoms with Gasteiger partial charge in [0, 0.05) is 13.1 Å². The summed E-state index contributed by atoms with van der Waals surface area (Å²) in [6.07, 6.45) is 0. The van der Waals surface area contributed by atoms with Gasteiger partial charge in [-0.1, -0.05) is 24.4 Å². The van der Waals surface area contributed by atoms with Crippen molar-refractivity contribution in [3.05, 3.63) is 50.4 Å².